The zero-order chi connectivity index (χ0) is 13.6. The topological polar surface area (TPSA) is 75.7 Å². The molecule has 0 spiro atoms. The van der Waals surface area contributed by atoms with Crippen LogP contribution in [0.4, 0.5) is 0 Å². The van der Waals surface area contributed by atoms with E-state index in [0.717, 1.165) is 0 Å². The van der Waals surface area contributed by atoms with Crippen LogP contribution in [0, 0.1) is 0 Å². The predicted molar refractivity (Wildman–Crippen MR) is 68.7 cm³/mol. The standard InChI is InChI=1S/C11H22N2O4S/c1-3-17-9-11(14)12-10-5-7-13(8-6-10)18(15,16)4-2/h10H,3-9H2,1-2H3,(H,12,14). The Kier molecular flexibility index (Phi) is 6.04. The lowest BCUT2D eigenvalue weighted by Gasteiger charge is -2.31. The van der Waals surface area contributed by atoms with Gasteiger partial charge in [-0.05, 0) is 26.7 Å². The number of rotatable bonds is 6. The molecular formula is C11H22N2O4S. The molecule has 0 aliphatic carbocycles. The maximum absolute atomic E-state index is 11.6. The maximum Gasteiger partial charge on any atom is 0.246 e. The van der Waals surface area contributed by atoms with Crippen LogP contribution in [0.1, 0.15) is 26.7 Å². The summed E-state index contributed by atoms with van der Waals surface area (Å²) in [5.74, 6) is 0.00242. The van der Waals surface area contributed by atoms with Gasteiger partial charge in [-0.1, -0.05) is 0 Å². The SMILES string of the molecule is CCOCC(=O)NC1CCN(S(=O)(=O)CC)CC1. The summed E-state index contributed by atoms with van der Waals surface area (Å²) in [5, 5.41) is 2.86. The van der Waals surface area contributed by atoms with Gasteiger partial charge in [0.05, 0.1) is 5.75 Å². The Morgan fingerprint density at radius 3 is 2.44 bits per heavy atom. The second kappa shape index (κ2) is 7.06. The highest BCUT2D eigenvalue weighted by molar-refractivity contribution is 7.89. The van der Waals surface area contributed by atoms with Crippen LogP contribution in [-0.4, -0.2) is 56.7 Å². The molecule has 1 aliphatic heterocycles. The van der Waals surface area contributed by atoms with Crippen molar-refractivity contribution < 1.29 is 17.9 Å². The number of nitrogens with one attached hydrogen (secondary N) is 1. The second-order valence-corrected chi connectivity index (χ2v) is 6.54. The number of piperidine rings is 1. The lowest BCUT2D eigenvalue weighted by Crippen LogP contribution is -2.47. The molecule has 106 valence electrons. The number of carbonyl (C=O) groups is 1. The third-order valence-electron chi connectivity index (χ3n) is 3.01. The largest absolute Gasteiger partial charge is 0.372 e. The smallest absolute Gasteiger partial charge is 0.246 e. The van der Waals surface area contributed by atoms with Gasteiger partial charge in [-0.15, -0.1) is 0 Å². The molecule has 0 saturated carbocycles. The molecule has 0 unspecified atom stereocenters. The van der Waals surface area contributed by atoms with Crippen LogP contribution < -0.4 is 5.32 Å². The van der Waals surface area contributed by atoms with E-state index in [9.17, 15) is 13.2 Å². The molecule has 18 heavy (non-hydrogen) atoms. The molecule has 0 aromatic rings. The first-order valence-corrected chi connectivity index (χ1v) is 7.95. The summed E-state index contributed by atoms with van der Waals surface area (Å²) in [5.41, 5.74) is 0. The van der Waals surface area contributed by atoms with E-state index in [1.807, 2.05) is 6.92 Å². The highest BCUT2D eigenvalue weighted by Gasteiger charge is 2.27. The van der Waals surface area contributed by atoms with Crippen molar-refractivity contribution >= 4 is 15.9 Å². The van der Waals surface area contributed by atoms with Crippen LogP contribution in [0.5, 0.6) is 0 Å². The van der Waals surface area contributed by atoms with E-state index in [4.69, 9.17) is 4.74 Å². The molecule has 1 rings (SSSR count). The first-order chi connectivity index (χ1) is 8.49. The molecule has 0 aromatic carbocycles. The lowest BCUT2D eigenvalue weighted by molar-refractivity contribution is -0.126. The van der Waals surface area contributed by atoms with Crippen molar-refractivity contribution in [3.05, 3.63) is 0 Å². The third-order valence-corrected chi connectivity index (χ3v) is 4.90. The Bertz CT molecular complexity index is 361. The number of hydrogen-bond acceptors (Lipinski definition) is 4. The molecule has 1 heterocycles. The monoisotopic (exact) mass is 278 g/mol. The predicted octanol–water partition coefficient (Wildman–Crippen LogP) is -0.0468. The molecule has 1 amide bonds. The van der Waals surface area contributed by atoms with Crippen molar-refractivity contribution in [3.8, 4) is 0 Å². The maximum atomic E-state index is 11.6. The molecule has 6 nitrogen and oxygen atoms in total. The van der Waals surface area contributed by atoms with E-state index in [0.29, 0.717) is 32.5 Å². The first-order valence-electron chi connectivity index (χ1n) is 6.34. The molecule has 0 radical (unpaired) electrons. The molecule has 0 atom stereocenters. The molecular weight excluding hydrogens is 256 g/mol. The number of carbonyl (C=O) groups excluding carboxylic acids is 1. The molecule has 0 aromatic heterocycles. The summed E-state index contributed by atoms with van der Waals surface area (Å²) in [7, 11) is -3.09. The molecule has 1 saturated heterocycles. The zero-order valence-corrected chi connectivity index (χ0v) is 11.8. The van der Waals surface area contributed by atoms with Gasteiger partial charge in [0.1, 0.15) is 6.61 Å². The van der Waals surface area contributed by atoms with Crippen LogP contribution >= 0.6 is 0 Å². The third kappa shape index (κ3) is 4.55. The van der Waals surface area contributed by atoms with Gasteiger partial charge >= 0.3 is 0 Å². The molecule has 1 aliphatic rings. The molecule has 7 heteroatoms. The van der Waals surface area contributed by atoms with Crippen molar-refractivity contribution in [3.63, 3.8) is 0 Å². The Balaban J connectivity index is 2.34. The van der Waals surface area contributed by atoms with Gasteiger partial charge in [-0.25, -0.2) is 12.7 Å². The minimum absolute atomic E-state index is 0.0567. The summed E-state index contributed by atoms with van der Waals surface area (Å²) in [4.78, 5) is 11.4. The van der Waals surface area contributed by atoms with Crippen LogP contribution in [-0.2, 0) is 19.6 Å². The van der Waals surface area contributed by atoms with Gasteiger partial charge in [0, 0.05) is 25.7 Å². The Morgan fingerprint density at radius 1 is 1.33 bits per heavy atom. The van der Waals surface area contributed by atoms with E-state index in [1.165, 1.54) is 4.31 Å². The summed E-state index contributed by atoms with van der Waals surface area (Å²) in [6.07, 6.45) is 1.33. The van der Waals surface area contributed by atoms with Gasteiger partial charge in [-0.2, -0.15) is 0 Å². The lowest BCUT2D eigenvalue weighted by atomic mass is 10.1. The van der Waals surface area contributed by atoms with E-state index < -0.39 is 10.0 Å². The minimum atomic E-state index is -3.09. The molecule has 1 fully saturated rings. The molecule has 1 N–H and O–H groups in total. The normalized spacial score (nSPS) is 18.8. The second-order valence-electron chi connectivity index (χ2n) is 4.28. The van der Waals surface area contributed by atoms with Crippen LogP contribution in [0.2, 0.25) is 0 Å². The number of nitrogens with zero attached hydrogens (tertiary/aromatic N) is 1. The number of amides is 1. The van der Waals surface area contributed by atoms with E-state index in [1.54, 1.807) is 6.92 Å². The highest BCUT2D eigenvalue weighted by atomic mass is 32.2. The van der Waals surface area contributed by atoms with Crippen molar-refractivity contribution in [1.29, 1.82) is 0 Å². The Labute approximate surface area is 109 Å². The fourth-order valence-corrected chi connectivity index (χ4v) is 3.06. The molecule has 0 bridgehead atoms. The Morgan fingerprint density at radius 2 is 1.94 bits per heavy atom. The first kappa shape index (κ1) is 15.4. The van der Waals surface area contributed by atoms with Crippen molar-refractivity contribution in [2.75, 3.05) is 32.1 Å². The van der Waals surface area contributed by atoms with Gasteiger partial charge in [0.15, 0.2) is 0 Å². The zero-order valence-electron chi connectivity index (χ0n) is 11.0. The number of sulfonamides is 1. The van der Waals surface area contributed by atoms with Crippen molar-refractivity contribution in [2.24, 2.45) is 0 Å². The average Bonchev–Trinajstić information content (AvgIpc) is 2.37. The fourth-order valence-electron chi connectivity index (χ4n) is 1.92. The number of hydrogen-bond donors (Lipinski definition) is 1. The van der Waals surface area contributed by atoms with E-state index in [2.05, 4.69) is 5.32 Å². The summed E-state index contributed by atoms with van der Waals surface area (Å²) in [6.45, 7) is 5.03. The van der Waals surface area contributed by atoms with Crippen LogP contribution in [0.25, 0.3) is 0 Å². The van der Waals surface area contributed by atoms with Crippen LogP contribution in [0.3, 0.4) is 0 Å². The van der Waals surface area contributed by atoms with Crippen LogP contribution in [0.15, 0.2) is 0 Å². The van der Waals surface area contributed by atoms with Crippen molar-refractivity contribution in [1.82, 2.24) is 9.62 Å². The fraction of sp³-hybridized carbons (Fsp3) is 0.909. The Hall–Kier alpha value is -0.660. The highest BCUT2D eigenvalue weighted by Crippen LogP contribution is 2.14. The van der Waals surface area contributed by atoms with Gasteiger partial charge < -0.3 is 10.1 Å². The van der Waals surface area contributed by atoms with E-state index in [-0.39, 0.29) is 24.3 Å². The van der Waals surface area contributed by atoms with Crippen molar-refractivity contribution in [2.45, 2.75) is 32.7 Å². The van der Waals surface area contributed by atoms with E-state index >= 15 is 0 Å². The van der Waals surface area contributed by atoms with Gasteiger partial charge in [0.2, 0.25) is 15.9 Å². The summed E-state index contributed by atoms with van der Waals surface area (Å²) >= 11 is 0. The summed E-state index contributed by atoms with van der Waals surface area (Å²) in [6, 6.07) is 0.0567. The summed E-state index contributed by atoms with van der Waals surface area (Å²) < 4.78 is 29.8. The van der Waals surface area contributed by atoms with Gasteiger partial charge in [0.25, 0.3) is 0 Å². The minimum Gasteiger partial charge on any atom is -0.372 e. The van der Waals surface area contributed by atoms with Gasteiger partial charge in [-0.3, -0.25) is 4.79 Å². The number of ether oxygens (including phenoxy) is 1. The average molecular weight is 278 g/mol. The quantitative estimate of drug-likeness (QED) is 0.739.